The van der Waals surface area contributed by atoms with Gasteiger partial charge in [0, 0.05) is 31.7 Å². The monoisotopic (exact) mass is 251 g/mol. The summed E-state index contributed by atoms with van der Waals surface area (Å²) < 4.78 is 10.9. The van der Waals surface area contributed by atoms with Crippen LogP contribution in [0.25, 0.3) is 0 Å². The first kappa shape index (κ1) is 12.1. The van der Waals surface area contributed by atoms with Gasteiger partial charge in [-0.3, -0.25) is 4.90 Å². The number of hydrogen-bond acceptors (Lipinski definition) is 5. The van der Waals surface area contributed by atoms with E-state index < -0.39 is 0 Å². The number of hydrogen-bond donors (Lipinski definition) is 1. The van der Waals surface area contributed by atoms with Gasteiger partial charge in [0.05, 0.1) is 24.9 Å². The Bertz CT molecular complexity index is 389. The van der Waals surface area contributed by atoms with Crippen molar-refractivity contribution in [2.45, 2.75) is 45.0 Å². The van der Waals surface area contributed by atoms with E-state index in [4.69, 9.17) is 9.26 Å². The molecule has 18 heavy (non-hydrogen) atoms. The van der Waals surface area contributed by atoms with Gasteiger partial charge in [0.15, 0.2) is 5.76 Å². The molecule has 2 aliphatic rings. The fourth-order valence-corrected chi connectivity index (χ4v) is 2.30. The van der Waals surface area contributed by atoms with Crippen molar-refractivity contribution in [3.63, 3.8) is 0 Å². The molecule has 1 unspecified atom stereocenters. The fourth-order valence-electron chi connectivity index (χ4n) is 2.30. The topological polar surface area (TPSA) is 50.5 Å². The zero-order valence-corrected chi connectivity index (χ0v) is 10.9. The van der Waals surface area contributed by atoms with E-state index in [1.807, 2.05) is 0 Å². The van der Waals surface area contributed by atoms with Gasteiger partial charge in [0.25, 0.3) is 0 Å². The summed E-state index contributed by atoms with van der Waals surface area (Å²) in [7, 11) is 0. The molecule has 1 atom stereocenters. The molecule has 1 aliphatic carbocycles. The molecule has 2 fully saturated rings. The summed E-state index contributed by atoms with van der Waals surface area (Å²) in [6.45, 7) is 6.53. The second-order valence-electron chi connectivity index (χ2n) is 5.36. The van der Waals surface area contributed by atoms with E-state index in [1.54, 1.807) is 0 Å². The summed E-state index contributed by atoms with van der Waals surface area (Å²) in [6.07, 6.45) is 2.92. The van der Waals surface area contributed by atoms with Gasteiger partial charge in [0.2, 0.25) is 0 Å². The number of nitrogens with zero attached hydrogens (tertiary/aromatic N) is 2. The Kier molecular flexibility index (Phi) is 3.63. The first-order valence-electron chi connectivity index (χ1n) is 6.81. The Balaban J connectivity index is 1.49. The highest BCUT2D eigenvalue weighted by molar-refractivity contribution is 5.06. The van der Waals surface area contributed by atoms with Crippen LogP contribution in [-0.2, 0) is 17.8 Å². The molecule has 100 valence electrons. The van der Waals surface area contributed by atoms with Crippen molar-refractivity contribution >= 4 is 0 Å². The van der Waals surface area contributed by atoms with Crippen LogP contribution in [0.1, 0.15) is 31.2 Å². The summed E-state index contributed by atoms with van der Waals surface area (Å²) in [4.78, 5) is 2.35. The van der Waals surface area contributed by atoms with Crippen molar-refractivity contribution in [3.05, 3.63) is 17.5 Å². The highest BCUT2D eigenvalue weighted by Gasteiger charge is 2.21. The molecule has 1 N–H and O–H groups in total. The van der Waals surface area contributed by atoms with E-state index in [0.717, 1.165) is 44.2 Å². The molecule has 1 saturated carbocycles. The van der Waals surface area contributed by atoms with Gasteiger partial charge in [-0.1, -0.05) is 5.16 Å². The SMILES string of the molecule is CC1CN(Cc2cc(CNC3CC3)no2)CCO1. The summed E-state index contributed by atoms with van der Waals surface area (Å²) in [5.41, 5.74) is 1.01. The van der Waals surface area contributed by atoms with Crippen LogP contribution in [0.15, 0.2) is 10.6 Å². The van der Waals surface area contributed by atoms with E-state index in [1.165, 1.54) is 12.8 Å². The average molecular weight is 251 g/mol. The minimum atomic E-state index is 0.317. The Labute approximate surface area is 107 Å². The molecule has 1 aromatic rings. The lowest BCUT2D eigenvalue weighted by atomic mass is 10.2. The van der Waals surface area contributed by atoms with Gasteiger partial charge in [-0.25, -0.2) is 0 Å². The van der Waals surface area contributed by atoms with Gasteiger partial charge >= 0.3 is 0 Å². The van der Waals surface area contributed by atoms with Crippen molar-refractivity contribution in [1.82, 2.24) is 15.4 Å². The lowest BCUT2D eigenvalue weighted by Crippen LogP contribution is -2.40. The van der Waals surface area contributed by atoms with Crippen molar-refractivity contribution in [1.29, 1.82) is 0 Å². The maximum Gasteiger partial charge on any atom is 0.151 e. The first-order valence-corrected chi connectivity index (χ1v) is 6.81. The molecule has 2 heterocycles. The predicted molar refractivity (Wildman–Crippen MR) is 67.1 cm³/mol. The van der Waals surface area contributed by atoms with Crippen LogP contribution in [0.5, 0.6) is 0 Å². The summed E-state index contributed by atoms with van der Waals surface area (Å²) in [5, 5.41) is 7.55. The predicted octanol–water partition coefficient (Wildman–Crippen LogP) is 1.15. The first-order chi connectivity index (χ1) is 8.79. The Morgan fingerprint density at radius 2 is 2.39 bits per heavy atom. The van der Waals surface area contributed by atoms with E-state index in [9.17, 15) is 0 Å². The molecular formula is C13H21N3O2. The summed E-state index contributed by atoms with van der Waals surface area (Å²) in [6, 6.07) is 2.78. The van der Waals surface area contributed by atoms with E-state index in [-0.39, 0.29) is 0 Å². The van der Waals surface area contributed by atoms with Gasteiger partial charge < -0.3 is 14.6 Å². The molecule has 1 aliphatic heterocycles. The molecule has 0 spiro atoms. The highest BCUT2D eigenvalue weighted by Crippen LogP contribution is 2.19. The molecular weight excluding hydrogens is 230 g/mol. The molecule has 5 heteroatoms. The largest absolute Gasteiger partial charge is 0.376 e. The second-order valence-corrected chi connectivity index (χ2v) is 5.36. The van der Waals surface area contributed by atoms with Crippen LogP contribution in [0.2, 0.25) is 0 Å². The third kappa shape index (κ3) is 3.31. The molecule has 5 nitrogen and oxygen atoms in total. The third-order valence-electron chi connectivity index (χ3n) is 3.46. The zero-order valence-electron chi connectivity index (χ0n) is 10.9. The van der Waals surface area contributed by atoms with Crippen LogP contribution < -0.4 is 5.32 Å². The summed E-state index contributed by atoms with van der Waals surface area (Å²) in [5.74, 6) is 0.955. The number of rotatable bonds is 5. The van der Waals surface area contributed by atoms with Crippen LogP contribution in [-0.4, -0.2) is 41.9 Å². The van der Waals surface area contributed by atoms with Crippen LogP contribution in [0, 0.1) is 0 Å². The Hall–Kier alpha value is -0.910. The number of aromatic nitrogens is 1. The van der Waals surface area contributed by atoms with Gasteiger partial charge in [-0.2, -0.15) is 0 Å². The second kappa shape index (κ2) is 5.38. The molecule has 1 saturated heterocycles. The standard InChI is InChI=1S/C13H21N3O2/c1-10-8-16(4-5-17-10)9-13-6-12(15-18-13)7-14-11-2-3-11/h6,10-11,14H,2-5,7-9H2,1H3. The fraction of sp³-hybridized carbons (Fsp3) is 0.769. The van der Waals surface area contributed by atoms with E-state index >= 15 is 0 Å². The lowest BCUT2D eigenvalue weighted by Gasteiger charge is -2.30. The van der Waals surface area contributed by atoms with E-state index in [2.05, 4.69) is 28.4 Å². The molecule has 1 aromatic heterocycles. The van der Waals surface area contributed by atoms with Crippen LogP contribution in [0.4, 0.5) is 0 Å². The van der Waals surface area contributed by atoms with Crippen molar-refractivity contribution in [2.75, 3.05) is 19.7 Å². The molecule has 0 bridgehead atoms. The van der Waals surface area contributed by atoms with Gasteiger partial charge in [-0.15, -0.1) is 0 Å². The van der Waals surface area contributed by atoms with Crippen molar-refractivity contribution in [3.8, 4) is 0 Å². The van der Waals surface area contributed by atoms with Crippen LogP contribution in [0.3, 0.4) is 0 Å². The normalized spacial score (nSPS) is 25.5. The number of morpholine rings is 1. The average Bonchev–Trinajstić information content (AvgIpc) is 3.08. The smallest absolute Gasteiger partial charge is 0.151 e. The van der Waals surface area contributed by atoms with Gasteiger partial charge in [-0.05, 0) is 19.8 Å². The molecule has 0 radical (unpaired) electrons. The lowest BCUT2D eigenvalue weighted by molar-refractivity contribution is -0.0235. The minimum absolute atomic E-state index is 0.317. The Morgan fingerprint density at radius 1 is 1.50 bits per heavy atom. The highest BCUT2D eigenvalue weighted by atomic mass is 16.5. The zero-order chi connectivity index (χ0) is 12.4. The quantitative estimate of drug-likeness (QED) is 0.850. The molecule has 0 aromatic carbocycles. The maximum atomic E-state index is 5.52. The van der Waals surface area contributed by atoms with Crippen molar-refractivity contribution in [2.24, 2.45) is 0 Å². The third-order valence-corrected chi connectivity index (χ3v) is 3.46. The minimum Gasteiger partial charge on any atom is -0.376 e. The molecule has 0 amide bonds. The van der Waals surface area contributed by atoms with Crippen LogP contribution >= 0.6 is 0 Å². The van der Waals surface area contributed by atoms with E-state index in [0.29, 0.717) is 12.1 Å². The number of ether oxygens (including phenoxy) is 1. The summed E-state index contributed by atoms with van der Waals surface area (Å²) >= 11 is 0. The van der Waals surface area contributed by atoms with Crippen molar-refractivity contribution < 1.29 is 9.26 Å². The van der Waals surface area contributed by atoms with Gasteiger partial charge in [0.1, 0.15) is 0 Å². The Morgan fingerprint density at radius 3 is 3.17 bits per heavy atom. The number of nitrogens with one attached hydrogen (secondary N) is 1. The maximum absolute atomic E-state index is 5.52. The molecule has 3 rings (SSSR count).